The summed E-state index contributed by atoms with van der Waals surface area (Å²) in [5.41, 5.74) is 11.1. The van der Waals surface area contributed by atoms with Crippen molar-refractivity contribution in [2.75, 3.05) is 0 Å². The van der Waals surface area contributed by atoms with E-state index in [0.29, 0.717) is 17.5 Å². The van der Waals surface area contributed by atoms with E-state index in [1.807, 2.05) is 91.1 Å². The van der Waals surface area contributed by atoms with Gasteiger partial charge in [-0.3, -0.25) is 9.55 Å². The number of hydrogen-bond acceptors (Lipinski definition) is 5. The summed E-state index contributed by atoms with van der Waals surface area (Å²) in [5, 5.41) is 4.66. The Labute approximate surface area is 340 Å². The van der Waals surface area contributed by atoms with Crippen LogP contribution in [0.4, 0.5) is 0 Å². The van der Waals surface area contributed by atoms with Gasteiger partial charge in [-0.2, -0.15) is 0 Å². The number of fused-ring (bicyclic) bond motifs is 3. The molecule has 0 fully saturated rings. The van der Waals surface area contributed by atoms with Gasteiger partial charge in [-0.1, -0.05) is 158 Å². The van der Waals surface area contributed by atoms with Crippen LogP contribution >= 0.6 is 0 Å². The standard InChI is InChI=1S/C53H34N6/c1-4-17-35(18-5-1)50-56-51(36-19-6-2-7-20-36)58-52(57-50)39-22-16-21-37(33-39)48-41-25-10-12-27-43(41)49(44-28-13-11-26-42(44)48)38-30-31-45-47(34-38)59(40-23-8-3-9-24-40)53(55-45)46-29-14-15-32-54-46/h1-34H. The van der Waals surface area contributed by atoms with Crippen molar-refractivity contribution in [3.8, 4) is 73.6 Å². The molecule has 0 aliphatic rings. The Morgan fingerprint density at radius 1 is 0.339 bits per heavy atom. The van der Waals surface area contributed by atoms with E-state index in [0.717, 1.165) is 72.4 Å². The Hall–Kier alpha value is -8.09. The zero-order valence-corrected chi connectivity index (χ0v) is 31.8. The molecule has 0 amide bonds. The van der Waals surface area contributed by atoms with Gasteiger partial charge < -0.3 is 0 Å². The van der Waals surface area contributed by atoms with Crippen LogP contribution in [-0.4, -0.2) is 29.5 Å². The molecule has 0 bridgehead atoms. The molecule has 11 aromatic rings. The van der Waals surface area contributed by atoms with Crippen molar-refractivity contribution in [3.63, 3.8) is 0 Å². The summed E-state index contributed by atoms with van der Waals surface area (Å²) in [6, 6.07) is 69.3. The van der Waals surface area contributed by atoms with Crippen LogP contribution in [-0.2, 0) is 0 Å². The van der Waals surface area contributed by atoms with Gasteiger partial charge in [-0.15, -0.1) is 0 Å². The fraction of sp³-hybridized carbons (Fsp3) is 0. The third-order valence-electron chi connectivity index (χ3n) is 10.9. The smallest absolute Gasteiger partial charge is 0.164 e. The van der Waals surface area contributed by atoms with Crippen molar-refractivity contribution in [2.45, 2.75) is 0 Å². The number of nitrogens with zero attached hydrogens (tertiary/aromatic N) is 6. The van der Waals surface area contributed by atoms with E-state index < -0.39 is 0 Å². The van der Waals surface area contributed by atoms with E-state index in [1.165, 1.54) is 16.3 Å². The van der Waals surface area contributed by atoms with E-state index in [2.05, 4.69) is 120 Å². The van der Waals surface area contributed by atoms with Crippen LogP contribution in [0, 0.1) is 0 Å². The van der Waals surface area contributed by atoms with Gasteiger partial charge in [-0.25, -0.2) is 19.9 Å². The Morgan fingerprint density at radius 2 is 0.814 bits per heavy atom. The zero-order valence-electron chi connectivity index (χ0n) is 31.8. The molecule has 276 valence electrons. The van der Waals surface area contributed by atoms with Crippen molar-refractivity contribution in [2.24, 2.45) is 0 Å². The monoisotopic (exact) mass is 754 g/mol. The number of hydrogen-bond donors (Lipinski definition) is 0. The molecule has 3 aromatic heterocycles. The lowest BCUT2D eigenvalue weighted by molar-refractivity contribution is 1.07. The minimum atomic E-state index is 0.623. The SMILES string of the molecule is c1ccc(-c2nc(-c3ccccc3)nc(-c3cccc(-c4c5ccccc5c(-c5ccc6nc(-c7ccccn7)n(-c7ccccc7)c6c5)c5ccccc45)c3)n2)cc1. The predicted octanol–water partition coefficient (Wildman–Crippen LogP) is 12.9. The van der Waals surface area contributed by atoms with Crippen LogP contribution in [0.15, 0.2) is 206 Å². The quantitative estimate of drug-likeness (QED) is 0.152. The highest BCUT2D eigenvalue weighted by Gasteiger charge is 2.21. The molecular formula is C53H34N6. The largest absolute Gasteiger partial charge is 0.291 e. The van der Waals surface area contributed by atoms with E-state index in [1.54, 1.807) is 0 Å². The van der Waals surface area contributed by atoms with Gasteiger partial charge in [-0.05, 0) is 86.3 Å². The van der Waals surface area contributed by atoms with Gasteiger partial charge in [0, 0.05) is 28.6 Å². The maximum absolute atomic E-state index is 5.14. The van der Waals surface area contributed by atoms with Crippen LogP contribution in [0.3, 0.4) is 0 Å². The number of benzene rings is 8. The highest BCUT2D eigenvalue weighted by atomic mass is 15.1. The van der Waals surface area contributed by atoms with Gasteiger partial charge in [0.25, 0.3) is 0 Å². The molecule has 0 radical (unpaired) electrons. The molecule has 0 aliphatic carbocycles. The minimum absolute atomic E-state index is 0.623. The first-order valence-electron chi connectivity index (χ1n) is 19.7. The fourth-order valence-electron chi connectivity index (χ4n) is 8.24. The van der Waals surface area contributed by atoms with E-state index in [-0.39, 0.29) is 0 Å². The molecule has 0 saturated carbocycles. The lowest BCUT2D eigenvalue weighted by atomic mass is 9.85. The van der Waals surface area contributed by atoms with E-state index >= 15 is 0 Å². The minimum Gasteiger partial charge on any atom is -0.291 e. The molecule has 0 aliphatic heterocycles. The lowest BCUT2D eigenvalue weighted by Crippen LogP contribution is -2.00. The average Bonchev–Trinajstić information content (AvgIpc) is 3.71. The van der Waals surface area contributed by atoms with Gasteiger partial charge in [0.15, 0.2) is 23.3 Å². The summed E-state index contributed by atoms with van der Waals surface area (Å²) < 4.78 is 2.22. The molecule has 0 unspecified atom stereocenters. The maximum Gasteiger partial charge on any atom is 0.164 e. The first-order valence-corrected chi connectivity index (χ1v) is 19.7. The van der Waals surface area contributed by atoms with Crippen LogP contribution in [0.25, 0.3) is 106 Å². The van der Waals surface area contributed by atoms with Crippen LogP contribution in [0.5, 0.6) is 0 Å². The van der Waals surface area contributed by atoms with Gasteiger partial charge >= 0.3 is 0 Å². The van der Waals surface area contributed by atoms with E-state index in [9.17, 15) is 0 Å². The summed E-state index contributed by atoms with van der Waals surface area (Å²) in [6.45, 7) is 0. The topological polar surface area (TPSA) is 69.4 Å². The molecule has 11 rings (SSSR count). The Bertz CT molecular complexity index is 3190. The van der Waals surface area contributed by atoms with Crippen LogP contribution < -0.4 is 0 Å². The number of pyridine rings is 1. The van der Waals surface area contributed by atoms with Crippen molar-refractivity contribution in [1.29, 1.82) is 0 Å². The summed E-state index contributed by atoms with van der Waals surface area (Å²) in [6.07, 6.45) is 1.82. The number of aromatic nitrogens is 6. The summed E-state index contributed by atoms with van der Waals surface area (Å²) >= 11 is 0. The van der Waals surface area contributed by atoms with Gasteiger partial charge in [0.1, 0.15) is 5.69 Å². The van der Waals surface area contributed by atoms with Gasteiger partial charge in [0.2, 0.25) is 0 Å². The summed E-state index contributed by atoms with van der Waals surface area (Å²) in [5.74, 6) is 2.70. The Morgan fingerprint density at radius 3 is 1.37 bits per heavy atom. The molecule has 0 atom stereocenters. The second-order valence-electron chi connectivity index (χ2n) is 14.5. The normalized spacial score (nSPS) is 11.4. The average molecular weight is 755 g/mol. The molecule has 0 N–H and O–H groups in total. The third-order valence-corrected chi connectivity index (χ3v) is 10.9. The van der Waals surface area contributed by atoms with Crippen LogP contribution in [0.1, 0.15) is 0 Å². The number of rotatable bonds is 7. The molecule has 0 saturated heterocycles. The summed E-state index contributed by atoms with van der Waals surface area (Å²) in [7, 11) is 0. The Balaban J connectivity index is 1.11. The van der Waals surface area contributed by atoms with Gasteiger partial charge in [0.05, 0.1) is 11.0 Å². The van der Waals surface area contributed by atoms with Crippen molar-refractivity contribution < 1.29 is 0 Å². The second-order valence-corrected chi connectivity index (χ2v) is 14.5. The molecule has 59 heavy (non-hydrogen) atoms. The zero-order chi connectivity index (χ0) is 39.1. The highest BCUT2D eigenvalue weighted by Crippen LogP contribution is 2.45. The first kappa shape index (κ1) is 34.2. The second kappa shape index (κ2) is 14.4. The molecule has 0 spiro atoms. The molecule has 6 nitrogen and oxygen atoms in total. The van der Waals surface area contributed by atoms with Crippen molar-refractivity contribution in [3.05, 3.63) is 206 Å². The van der Waals surface area contributed by atoms with E-state index in [4.69, 9.17) is 24.9 Å². The first-order chi connectivity index (χ1) is 29.3. The fourth-order valence-corrected chi connectivity index (χ4v) is 8.24. The number of imidazole rings is 1. The lowest BCUT2D eigenvalue weighted by Gasteiger charge is -2.18. The number of para-hydroxylation sites is 1. The maximum atomic E-state index is 5.14. The molecular weight excluding hydrogens is 721 g/mol. The predicted molar refractivity (Wildman–Crippen MR) is 240 cm³/mol. The molecule has 8 aromatic carbocycles. The highest BCUT2D eigenvalue weighted by molar-refractivity contribution is 6.21. The Kier molecular flexibility index (Phi) is 8.37. The molecule has 3 heterocycles. The van der Waals surface area contributed by atoms with Crippen molar-refractivity contribution >= 4 is 32.6 Å². The summed E-state index contributed by atoms with van der Waals surface area (Å²) in [4.78, 5) is 24.9. The molecule has 6 heteroatoms. The third kappa shape index (κ3) is 6.11. The van der Waals surface area contributed by atoms with Crippen LogP contribution in [0.2, 0.25) is 0 Å². The van der Waals surface area contributed by atoms with Crippen molar-refractivity contribution in [1.82, 2.24) is 29.5 Å².